The molecule has 2 heteroatoms. The van der Waals surface area contributed by atoms with E-state index in [1.54, 1.807) is 0 Å². The van der Waals surface area contributed by atoms with E-state index in [0.717, 1.165) is 24.9 Å². The fourth-order valence-corrected chi connectivity index (χ4v) is 2.69. The number of nitrogens with one attached hydrogen (secondary N) is 1. The summed E-state index contributed by atoms with van der Waals surface area (Å²) in [7, 11) is 0. The maximum absolute atomic E-state index is 6.14. The predicted octanol–water partition coefficient (Wildman–Crippen LogP) is 3.61. The van der Waals surface area contributed by atoms with Gasteiger partial charge >= 0.3 is 0 Å². The van der Waals surface area contributed by atoms with E-state index in [2.05, 4.69) is 33.0 Å². The molecule has 1 N–H and O–H groups in total. The molecule has 1 rings (SSSR count). The smallest absolute Gasteiger partial charge is 0.0675 e. The van der Waals surface area contributed by atoms with Gasteiger partial charge in [-0.1, -0.05) is 40.0 Å². The second kappa shape index (κ2) is 8.10. The van der Waals surface area contributed by atoms with E-state index in [9.17, 15) is 0 Å². The van der Waals surface area contributed by atoms with E-state index in [1.807, 2.05) is 0 Å². The normalized spacial score (nSPS) is 27.4. The zero-order valence-electron chi connectivity index (χ0n) is 12.2. The molecule has 0 aromatic heterocycles. The van der Waals surface area contributed by atoms with Crippen LogP contribution in [0, 0.1) is 11.8 Å². The zero-order valence-corrected chi connectivity index (χ0v) is 12.2. The molecule has 1 aliphatic rings. The third kappa shape index (κ3) is 6.42. The SMILES string of the molecule is CCC1CCCC(OC(C)CNCC(C)C)C1. The first kappa shape index (κ1) is 15.0. The van der Waals surface area contributed by atoms with Gasteiger partial charge in [0.2, 0.25) is 0 Å². The Bertz CT molecular complexity index is 193. The van der Waals surface area contributed by atoms with Crippen molar-refractivity contribution in [3.63, 3.8) is 0 Å². The molecule has 0 spiro atoms. The summed E-state index contributed by atoms with van der Waals surface area (Å²) in [6.07, 6.45) is 7.51. The van der Waals surface area contributed by atoms with Crippen LogP contribution in [0.15, 0.2) is 0 Å². The first-order chi connectivity index (χ1) is 8.11. The summed E-state index contributed by atoms with van der Waals surface area (Å²) >= 11 is 0. The zero-order chi connectivity index (χ0) is 12.7. The minimum Gasteiger partial charge on any atom is -0.374 e. The van der Waals surface area contributed by atoms with Gasteiger partial charge in [0.25, 0.3) is 0 Å². The van der Waals surface area contributed by atoms with Crippen LogP contribution in [0.25, 0.3) is 0 Å². The molecule has 102 valence electrons. The predicted molar refractivity (Wildman–Crippen MR) is 74.3 cm³/mol. The van der Waals surface area contributed by atoms with Crippen LogP contribution in [0.1, 0.15) is 59.8 Å². The van der Waals surface area contributed by atoms with Gasteiger partial charge in [0.15, 0.2) is 0 Å². The number of ether oxygens (including phenoxy) is 1. The highest BCUT2D eigenvalue weighted by Gasteiger charge is 2.22. The van der Waals surface area contributed by atoms with Crippen molar-refractivity contribution in [3.05, 3.63) is 0 Å². The highest BCUT2D eigenvalue weighted by molar-refractivity contribution is 4.74. The third-order valence-corrected chi connectivity index (χ3v) is 3.72. The average molecular weight is 241 g/mol. The van der Waals surface area contributed by atoms with Crippen LogP contribution in [0.2, 0.25) is 0 Å². The first-order valence-electron chi connectivity index (χ1n) is 7.48. The van der Waals surface area contributed by atoms with Crippen LogP contribution in [0.5, 0.6) is 0 Å². The highest BCUT2D eigenvalue weighted by Crippen LogP contribution is 2.28. The van der Waals surface area contributed by atoms with E-state index in [-0.39, 0.29) is 0 Å². The van der Waals surface area contributed by atoms with E-state index >= 15 is 0 Å². The molecule has 0 radical (unpaired) electrons. The Morgan fingerprint density at radius 2 is 1.94 bits per heavy atom. The Hall–Kier alpha value is -0.0800. The van der Waals surface area contributed by atoms with Gasteiger partial charge in [-0.2, -0.15) is 0 Å². The molecule has 2 nitrogen and oxygen atoms in total. The molecule has 0 aliphatic heterocycles. The maximum Gasteiger partial charge on any atom is 0.0675 e. The maximum atomic E-state index is 6.14. The molecule has 0 bridgehead atoms. The Kier molecular flexibility index (Phi) is 7.14. The third-order valence-electron chi connectivity index (χ3n) is 3.72. The van der Waals surface area contributed by atoms with E-state index in [1.165, 1.54) is 32.1 Å². The lowest BCUT2D eigenvalue weighted by Crippen LogP contribution is -2.34. The Morgan fingerprint density at radius 3 is 2.59 bits per heavy atom. The van der Waals surface area contributed by atoms with Crippen molar-refractivity contribution in [2.24, 2.45) is 11.8 Å². The monoisotopic (exact) mass is 241 g/mol. The van der Waals surface area contributed by atoms with Crippen LogP contribution in [-0.2, 0) is 4.74 Å². The molecule has 17 heavy (non-hydrogen) atoms. The molecule has 1 fully saturated rings. The largest absolute Gasteiger partial charge is 0.374 e. The minimum absolute atomic E-state index is 0.356. The van der Waals surface area contributed by atoms with Gasteiger partial charge in [-0.25, -0.2) is 0 Å². The lowest BCUT2D eigenvalue weighted by atomic mass is 9.85. The van der Waals surface area contributed by atoms with E-state index in [4.69, 9.17) is 4.74 Å². The molecule has 0 saturated heterocycles. The molecule has 1 aliphatic carbocycles. The highest BCUT2D eigenvalue weighted by atomic mass is 16.5. The molecule has 0 heterocycles. The molecule has 3 atom stereocenters. The Labute approximate surface area is 108 Å². The van der Waals surface area contributed by atoms with Crippen molar-refractivity contribution < 1.29 is 4.74 Å². The van der Waals surface area contributed by atoms with Crippen LogP contribution >= 0.6 is 0 Å². The van der Waals surface area contributed by atoms with Crippen LogP contribution in [0.4, 0.5) is 0 Å². The molecular weight excluding hydrogens is 210 g/mol. The molecular formula is C15H31NO. The molecule has 0 aromatic rings. The van der Waals surface area contributed by atoms with Crippen LogP contribution in [-0.4, -0.2) is 25.3 Å². The lowest BCUT2D eigenvalue weighted by Gasteiger charge is -2.30. The van der Waals surface area contributed by atoms with Crippen LogP contribution < -0.4 is 5.32 Å². The summed E-state index contributed by atoms with van der Waals surface area (Å²) in [6.45, 7) is 11.1. The summed E-state index contributed by atoms with van der Waals surface area (Å²) in [6, 6.07) is 0. The topological polar surface area (TPSA) is 21.3 Å². The number of hydrogen-bond donors (Lipinski definition) is 1. The molecule has 0 amide bonds. The molecule has 3 unspecified atom stereocenters. The molecule has 0 aromatic carbocycles. The van der Waals surface area contributed by atoms with Gasteiger partial charge in [0, 0.05) is 6.54 Å². The fraction of sp³-hybridized carbons (Fsp3) is 1.00. The fourth-order valence-electron chi connectivity index (χ4n) is 2.69. The van der Waals surface area contributed by atoms with Crippen molar-refractivity contribution in [1.82, 2.24) is 5.32 Å². The number of rotatable bonds is 7. The second-order valence-corrected chi connectivity index (χ2v) is 6.06. The van der Waals surface area contributed by atoms with Gasteiger partial charge < -0.3 is 10.1 Å². The molecule has 1 saturated carbocycles. The van der Waals surface area contributed by atoms with Gasteiger partial charge in [-0.15, -0.1) is 0 Å². The second-order valence-electron chi connectivity index (χ2n) is 6.06. The standard InChI is InChI=1S/C15H31NO/c1-5-14-7-6-8-15(9-14)17-13(4)11-16-10-12(2)3/h12-16H,5-11H2,1-4H3. The summed E-state index contributed by atoms with van der Waals surface area (Å²) in [5.74, 6) is 1.63. The lowest BCUT2D eigenvalue weighted by molar-refractivity contribution is -0.0315. The summed E-state index contributed by atoms with van der Waals surface area (Å²) < 4.78 is 6.14. The van der Waals surface area contributed by atoms with E-state index in [0.29, 0.717) is 12.2 Å². The van der Waals surface area contributed by atoms with Gasteiger partial charge in [0.05, 0.1) is 12.2 Å². The van der Waals surface area contributed by atoms with Crippen molar-refractivity contribution in [2.75, 3.05) is 13.1 Å². The van der Waals surface area contributed by atoms with Crippen molar-refractivity contribution in [2.45, 2.75) is 72.0 Å². The Balaban J connectivity index is 2.14. The van der Waals surface area contributed by atoms with Gasteiger partial charge in [-0.05, 0) is 38.1 Å². The minimum atomic E-state index is 0.356. The summed E-state index contributed by atoms with van der Waals surface area (Å²) in [4.78, 5) is 0. The van der Waals surface area contributed by atoms with E-state index < -0.39 is 0 Å². The first-order valence-corrected chi connectivity index (χ1v) is 7.48. The summed E-state index contributed by atoms with van der Waals surface area (Å²) in [5, 5.41) is 3.47. The van der Waals surface area contributed by atoms with Crippen molar-refractivity contribution >= 4 is 0 Å². The van der Waals surface area contributed by atoms with Gasteiger partial charge in [-0.3, -0.25) is 0 Å². The van der Waals surface area contributed by atoms with Crippen molar-refractivity contribution in [1.29, 1.82) is 0 Å². The van der Waals surface area contributed by atoms with Gasteiger partial charge in [0.1, 0.15) is 0 Å². The average Bonchev–Trinajstić information content (AvgIpc) is 2.28. The Morgan fingerprint density at radius 1 is 1.18 bits per heavy atom. The quantitative estimate of drug-likeness (QED) is 0.735. The number of hydrogen-bond acceptors (Lipinski definition) is 2. The van der Waals surface area contributed by atoms with Crippen LogP contribution in [0.3, 0.4) is 0 Å². The van der Waals surface area contributed by atoms with Crippen molar-refractivity contribution in [3.8, 4) is 0 Å². The summed E-state index contributed by atoms with van der Waals surface area (Å²) in [5.41, 5.74) is 0.